The second-order valence-corrected chi connectivity index (χ2v) is 5.35. The first-order valence-corrected chi connectivity index (χ1v) is 7.20. The van der Waals surface area contributed by atoms with Crippen LogP contribution in [0.2, 0.25) is 0 Å². The molecular formula is C16H25NO2. The van der Waals surface area contributed by atoms with E-state index in [1.807, 2.05) is 7.05 Å². The minimum absolute atomic E-state index is 0.146. The van der Waals surface area contributed by atoms with E-state index in [4.69, 9.17) is 9.47 Å². The molecule has 1 aliphatic rings. The van der Waals surface area contributed by atoms with Crippen LogP contribution in [0.1, 0.15) is 30.1 Å². The fourth-order valence-electron chi connectivity index (χ4n) is 2.49. The number of likely N-dealkylation sites (N-methyl/N-ethyl adjacent to an activating group) is 1. The lowest BCUT2D eigenvalue weighted by molar-refractivity contribution is -0.0108. The SMILES string of the molecule is CNCC(OCC1CCOCC1)c1cccc(C)c1. The molecule has 106 valence electrons. The first kappa shape index (κ1) is 14.5. The Morgan fingerprint density at radius 2 is 2.16 bits per heavy atom. The van der Waals surface area contributed by atoms with Gasteiger partial charge < -0.3 is 14.8 Å². The molecule has 1 fully saturated rings. The van der Waals surface area contributed by atoms with Crippen LogP contribution in [0.25, 0.3) is 0 Å². The molecule has 1 saturated heterocycles. The molecule has 0 aromatic heterocycles. The molecule has 1 atom stereocenters. The van der Waals surface area contributed by atoms with Gasteiger partial charge in [0, 0.05) is 19.8 Å². The first-order chi connectivity index (χ1) is 9.29. The van der Waals surface area contributed by atoms with E-state index in [0.29, 0.717) is 5.92 Å². The van der Waals surface area contributed by atoms with Crippen LogP contribution < -0.4 is 5.32 Å². The Hall–Kier alpha value is -0.900. The third kappa shape index (κ3) is 4.60. The quantitative estimate of drug-likeness (QED) is 0.856. The van der Waals surface area contributed by atoms with Gasteiger partial charge in [0.1, 0.15) is 0 Å². The summed E-state index contributed by atoms with van der Waals surface area (Å²) in [6.07, 6.45) is 2.40. The Labute approximate surface area is 116 Å². The minimum Gasteiger partial charge on any atom is -0.381 e. The number of aryl methyl sites for hydroxylation is 1. The molecule has 0 amide bonds. The Kier molecular flexibility index (Phi) is 5.83. The predicted molar refractivity (Wildman–Crippen MR) is 77.3 cm³/mol. The van der Waals surface area contributed by atoms with E-state index < -0.39 is 0 Å². The van der Waals surface area contributed by atoms with E-state index in [2.05, 4.69) is 36.5 Å². The summed E-state index contributed by atoms with van der Waals surface area (Å²) < 4.78 is 11.5. The van der Waals surface area contributed by atoms with E-state index in [-0.39, 0.29) is 6.10 Å². The van der Waals surface area contributed by atoms with Gasteiger partial charge in [-0.3, -0.25) is 0 Å². The van der Waals surface area contributed by atoms with Crippen molar-refractivity contribution < 1.29 is 9.47 Å². The molecule has 2 rings (SSSR count). The fourth-order valence-corrected chi connectivity index (χ4v) is 2.49. The van der Waals surface area contributed by atoms with Crippen molar-refractivity contribution in [2.45, 2.75) is 25.9 Å². The molecule has 3 nitrogen and oxygen atoms in total. The van der Waals surface area contributed by atoms with Crippen LogP contribution in [-0.2, 0) is 9.47 Å². The number of ether oxygens (including phenoxy) is 2. The number of rotatable bonds is 6. The molecule has 1 aromatic rings. The number of nitrogens with one attached hydrogen (secondary N) is 1. The average molecular weight is 263 g/mol. The molecule has 1 N–H and O–H groups in total. The second-order valence-electron chi connectivity index (χ2n) is 5.35. The maximum atomic E-state index is 6.14. The van der Waals surface area contributed by atoms with Gasteiger partial charge in [0.05, 0.1) is 12.7 Å². The van der Waals surface area contributed by atoms with Crippen molar-refractivity contribution in [3.63, 3.8) is 0 Å². The highest BCUT2D eigenvalue weighted by Crippen LogP contribution is 2.22. The Balaban J connectivity index is 1.91. The van der Waals surface area contributed by atoms with E-state index >= 15 is 0 Å². The van der Waals surface area contributed by atoms with Crippen LogP contribution in [-0.4, -0.2) is 33.4 Å². The molecule has 0 spiro atoms. The molecule has 1 unspecified atom stereocenters. The van der Waals surface area contributed by atoms with Crippen LogP contribution in [0.3, 0.4) is 0 Å². The Bertz CT molecular complexity index is 375. The number of benzene rings is 1. The fraction of sp³-hybridized carbons (Fsp3) is 0.625. The second kappa shape index (κ2) is 7.63. The summed E-state index contributed by atoms with van der Waals surface area (Å²) in [4.78, 5) is 0. The zero-order valence-corrected chi connectivity index (χ0v) is 12.0. The normalized spacial score (nSPS) is 18.4. The van der Waals surface area contributed by atoms with Crippen LogP contribution in [0.4, 0.5) is 0 Å². The van der Waals surface area contributed by atoms with E-state index in [9.17, 15) is 0 Å². The molecule has 0 saturated carbocycles. The van der Waals surface area contributed by atoms with Gasteiger partial charge in [-0.15, -0.1) is 0 Å². The van der Waals surface area contributed by atoms with Crippen molar-refractivity contribution in [2.75, 3.05) is 33.4 Å². The average Bonchev–Trinajstić information content (AvgIpc) is 2.44. The van der Waals surface area contributed by atoms with Crippen LogP contribution in [0, 0.1) is 12.8 Å². The predicted octanol–water partition coefficient (Wildman–Crippen LogP) is 2.70. The van der Waals surface area contributed by atoms with E-state index in [0.717, 1.165) is 39.2 Å². The summed E-state index contributed by atoms with van der Waals surface area (Å²) in [7, 11) is 1.97. The summed E-state index contributed by atoms with van der Waals surface area (Å²) in [6, 6.07) is 8.59. The summed E-state index contributed by atoms with van der Waals surface area (Å²) >= 11 is 0. The molecule has 3 heteroatoms. The van der Waals surface area contributed by atoms with E-state index in [1.165, 1.54) is 11.1 Å². The van der Waals surface area contributed by atoms with Crippen molar-refractivity contribution in [3.8, 4) is 0 Å². The molecule has 1 aromatic carbocycles. The lowest BCUT2D eigenvalue weighted by Gasteiger charge is -2.25. The number of hydrogen-bond acceptors (Lipinski definition) is 3. The highest BCUT2D eigenvalue weighted by Gasteiger charge is 2.17. The Morgan fingerprint density at radius 1 is 1.37 bits per heavy atom. The summed E-state index contributed by atoms with van der Waals surface area (Å²) in [6.45, 7) is 5.58. The van der Waals surface area contributed by atoms with Crippen LogP contribution in [0.15, 0.2) is 24.3 Å². The van der Waals surface area contributed by atoms with Gasteiger partial charge in [-0.25, -0.2) is 0 Å². The van der Waals surface area contributed by atoms with Crippen molar-refractivity contribution in [3.05, 3.63) is 35.4 Å². The third-order valence-corrected chi connectivity index (χ3v) is 3.68. The maximum Gasteiger partial charge on any atom is 0.0949 e. The van der Waals surface area contributed by atoms with Crippen molar-refractivity contribution in [2.24, 2.45) is 5.92 Å². The summed E-state index contributed by atoms with van der Waals surface area (Å²) in [5.74, 6) is 0.651. The van der Waals surface area contributed by atoms with Gasteiger partial charge in [0.2, 0.25) is 0 Å². The largest absolute Gasteiger partial charge is 0.381 e. The highest BCUT2D eigenvalue weighted by molar-refractivity contribution is 5.24. The summed E-state index contributed by atoms with van der Waals surface area (Å²) in [5, 5.41) is 3.22. The minimum atomic E-state index is 0.146. The molecule has 0 radical (unpaired) electrons. The van der Waals surface area contributed by atoms with Gasteiger partial charge in [0.15, 0.2) is 0 Å². The molecule has 0 bridgehead atoms. The summed E-state index contributed by atoms with van der Waals surface area (Å²) in [5.41, 5.74) is 2.55. The van der Waals surface area contributed by atoms with Gasteiger partial charge >= 0.3 is 0 Å². The van der Waals surface area contributed by atoms with E-state index in [1.54, 1.807) is 0 Å². The van der Waals surface area contributed by atoms with Crippen LogP contribution in [0.5, 0.6) is 0 Å². The van der Waals surface area contributed by atoms with Crippen molar-refractivity contribution in [1.82, 2.24) is 5.32 Å². The van der Waals surface area contributed by atoms with Crippen molar-refractivity contribution in [1.29, 1.82) is 0 Å². The Morgan fingerprint density at radius 3 is 2.84 bits per heavy atom. The smallest absolute Gasteiger partial charge is 0.0949 e. The van der Waals surface area contributed by atoms with Crippen molar-refractivity contribution >= 4 is 0 Å². The highest BCUT2D eigenvalue weighted by atomic mass is 16.5. The lowest BCUT2D eigenvalue weighted by Crippen LogP contribution is -2.25. The number of hydrogen-bond donors (Lipinski definition) is 1. The molecule has 1 heterocycles. The zero-order valence-electron chi connectivity index (χ0n) is 12.0. The van der Waals surface area contributed by atoms with Gasteiger partial charge in [-0.1, -0.05) is 29.8 Å². The first-order valence-electron chi connectivity index (χ1n) is 7.20. The zero-order chi connectivity index (χ0) is 13.5. The molecule has 0 aliphatic carbocycles. The molecule has 19 heavy (non-hydrogen) atoms. The standard InChI is InChI=1S/C16H25NO2/c1-13-4-3-5-15(10-13)16(11-17-2)19-12-14-6-8-18-9-7-14/h3-5,10,14,16-17H,6-9,11-12H2,1-2H3. The lowest BCUT2D eigenvalue weighted by atomic mass is 10.0. The molecule has 1 aliphatic heterocycles. The monoisotopic (exact) mass is 263 g/mol. The van der Waals surface area contributed by atoms with Gasteiger partial charge in [-0.05, 0) is 38.3 Å². The van der Waals surface area contributed by atoms with Crippen LogP contribution >= 0.6 is 0 Å². The maximum absolute atomic E-state index is 6.14. The topological polar surface area (TPSA) is 30.5 Å². The molecular weight excluding hydrogens is 238 g/mol. The van der Waals surface area contributed by atoms with Gasteiger partial charge in [0.25, 0.3) is 0 Å². The third-order valence-electron chi connectivity index (χ3n) is 3.68. The van der Waals surface area contributed by atoms with Gasteiger partial charge in [-0.2, -0.15) is 0 Å².